The minimum atomic E-state index is 0.374. The summed E-state index contributed by atoms with van der Waals surface area (Å²) in [5.41, 5.74) is 1.09. The molecule has 0 aliphatic carbocycles. The molecule has 84 valence electrons. The van der Waals surface area contributed by atoms with Gasteiger partial charge in [-0.25, -0.2) is 0 Å². The Hall–Kier alpha value is -0.870. The van der Waals surface area contributed by atoms with Crippen molar-refractivity contribution in [1.29, 1.82) is 0 Å². The Morgan fingerprint density at radius 3 is 3.00 bits per heavy atom. The predicted octanol–water partition coefficient (Wildman–Crippen LogP) is 4.47. The molecule has 4 heteroatoms. The molecule has 0 saturated carbocycles. The van der Waals surface area contributed by atoms with Gasteiger partial charge in [-0.2, -0.15) is 0 Å². The molecule has 1 N–H and O–H groups in total. The van der Waals surface area contributed by atoms with Crippen LogP contribution < -0.4 is 5.32 Å². The highest BCUT2D eigenvalue weighted by atomic mass is 79.9. The van der Waals surface area contributed by atoms with Gasteiger partial charge >= 0.3 is 0 Å². The van der Waals surface area contributed by atoms with E-state index in [-0.39, 0.29) is 0 Å². The molecule has 0 fully saturated rings. The Morgan fingerprint density at radius 1 is 1.50 bits per heavy atom. The zero-order valence-electron chi connectivity index (χ0n) is 8.98. The number of rotatable bonds is 4. The lowest BCUT2D eigenvalue weighted by Gasteiger charge is -2.17. The van der Waals surface area contributed by atoms with Crippen LogP contribution in [0.1, 0.15) is 24.3 Å². The molecule has 2 nitrogen and oxygen atoms in total. The molecule has 1 atom stereocenters. The summed E-state index contributed by atoms with van der Waals surface area (Å²) in [4.78, 5) is 5.42. The summed E-state index contributed by atoms with van der Waals surface area (Å²) in [7, 11) is 0. The van der Waals surface area contributed by atoms with Crippen LogP contribution in [0, 0.1) is 0 Å². The molecule has 0 radical (unpaired) electrons. The van der Waals surface area contributed by atoms with Gasteiger partial charge in [-0.05, 0) is 39.9 Å². The maximum absolute atomic E-state index is 4.06. The second-order valence-corrected chi connectivity index (χ2v) is 5.31. The predicted molar refractivity (Wildman–Crippen MR) is 72.9 cm³/mol. The van der Waals surface area contributed by atoms with Gasteiger partial charge in [0.2, 0.25) is 0 Å². The normalized spacial score (nSPS) is 12.4. The summed E-state index contributed by atoms with van der Waals surface area (Å²) in [5.74, 6) is 0. The largest absolute Gasteiger partial charge is 0.376 e. The molecule has 2 aromatic heterocycles. The van der Waals surface area contributed by atoms with Crippen LogP contribution in [0.25, 0.3) is 0 Å². The third kappa shape index (κ3) is 2.62. The van der Waals surface area contributed by atoms with E-state index in [2.05, 4.69) is 50.7 Å². The van der Waals surface area contributed by atoms with E-state index in [0.29, 0.717) is 6.04 Å². The van der Waals surface area contributed by atoms with Gasteiger partial charge in [0.1, 0.15) is 0 Å². The van der Waals surface area contributed by atoms with E-state index in [0.717, 1.165) is 16.6 Å². The molecule has 0 aliphatic rings. The minimum Gasteiger partial charge on any atom is -0.376 e. The second kappa shape index (κ2) is 5.46. The van der Waals surface area contributed by atoms with Crippen molar-refractivity contribution in [3.63, 3.8) is 0 Å². The highest BCUT2D eigenvalue weighted by molar-refractivity contribution is 9.10. The monoisotopic (exact) mass is 296 g/mol. The Bertz CT molecular complexity index is 442. The minimum absolute atomic E-state index is 0.374. The molecule has 0 saturated heterocycles. The van der Waals surface area contributed by atoms with E-state index in [9.17, 15) is 0 Å². The van der Waals surface area contributed by atoms with Crippen molar-refractivity contribution >= 4 is 33.0 Å². The molecule has 0 aliphatic heterocycles. The molecule has 0 spiro atoms. The van der Waals surface area contributed by atoms with Gasteiger partial charge in [0.25, 0.3) is 0 Å². The molecular formula is C12H13BrN2S. The van der Waals surface area contributed by atoms with Crippen LogP contribution in [0.2, 0.25) is 0 Å². The van der Waals surface area contributed by atoms with Crippen molar-refractivity contribution in [2.24, 2.45) is 0 Å². The zero-order valence-corrected chi connectivity index (χ0v) is 11.4. The molecule has 2 heterocycles. The lowest BCUT2D eigenvalue weighted by atomic mass is 10.2. The number of hydrogen-bond donors (Lipinski definition) is 1. The van der Waals surface area contributed by atoms with E-state index < -0.39 is 0 Å². The average molecular weight is 297 g/mol. The Morgan fingerprint density at radius 2 is 2.38 bits per heavy atom. The van der Waals surface area contributed by atoms with E-state index in [1.165, 1.54) is 4.88 Å². The van der Waals surface area contributed by atoms with E-state index >= 15 is 0 Å². The van der Waals surface area contributed by atoms with Crippen molar-refractivity contribution in [3.8, 4) is 0 Å². The van der Waals surface area contributed by atoms with Gasteiger partial charge < -0.3 is 5.32 Å². The van der Waals surface area contributed by atoms with Gasteiger partial charge in [-0.15, -0.1) is 11.3 Å². The molecule has 1 unspecified atom stereocenters. The number of thiophene rings is 1. The molecule has 0 aromatic carbocycles. The first-order valence-electron chi connectivity index (χ1n) is 5.20. The average Bonchev–Trinajstić information content (AvgIpc) is 2.81. The number of aromatic nitrogens is 1. The first-order chi connectivity index (χ1) is 7.81. The van der Waals surface area contributed by atoms with Gasteiger partial charge in [0.15, 0.2) is 0 Å². The van der Waals surface area contributed by atoms with Crippen molar-refractivity contribution in [1.82, 2.24) is 4.98 Å². The third-order valence-electron chi connectivity index (χ3n) is 2.40. The summed E-state index contributed by atoms with van der Waals surface area (Å²) in [6.45, 7) is 2.19. The molecule has 0 amide bonds. The van der Waals surface area contributed by atoms with Crippen LogP contribution in [0.15, 0.2) is 40.4 Å². The Kier molecular flexibility index (Phi) is 3.96. The summed E-state index contributed by atoms with van der Waals surface area (Å²) in [6.07, 6.45) is 4.67. The van der Waals surface area contributed by atoms with E-state index in [4.69, 9.17) is 0 Å². The number of anilines is 1. The number of halogens is 1. The summed E-state index contributed by atoms with van der Waals surface area (Å²) < 4.78 is 1.00. The number of nitrogens with zero attached hydrogens (tertiary/aromatic N) is 1. The second-order valence-electron chi connectivity index (χ2n) is 3.48. The van der Waals surface area contributed by atoms with Gasteiger partial charge in [-0.1, -0.05) is 13.0 Å². The lowest BCUT2D eigenvalue weighted by Crippen LogP contribution is -2.08. The van der Waals surface area contributed by atoms with Crippen LogP contribution in [-0.4, -0.2) is 4.98 Å². The molecule has 16 heavy (non-hydrogen) atoms. The third-order valence-corrected chi connectivity index (χ3v) is 4.01. The lowest BCUT2D eigenvalue weighted by molar-refractivity contribution is 0.763. The summed E-state index contributed by atoms with van der Waals surface area (Å²) in [5, 5.41) is 5.64. The Labute approximate surface area is 108 Å². The fraction of sp³-hybridized carbons (Fsp3) is 0.250. The van der Waals surface area contributed by atoms with Crippen LogP contribution in [0.5, 0.6) is 0 Å². The highest BCUT2D eigenvalue weighted by Gasteiger charge is 2.11. The van der Waals surface area contributed by atoms with Crippen molar-refractivity contribution in [2.75, 3.05) is 5.32 Å². The fourth-order valence-electron chi connectivity index (χ4n) is 1.54. The number of hydrogen-bond acceptors (Lipinski definition) is 3. The van der Waals surface area contributed by atoms with Crippen molar-refractivity contribution < 1.29 is 0 Å². The van der Waals surface area contributed by atoms with Crippen LogP contribution in [-0.2, 0) is 0 Å². The van der Waals surface area contributed by atoms with Crippen molar-refractivity contribution in [2.45, 2.75) is 19.4 Å². The van der Waals surface area contributed by atoms with Gasteiger partial charge in [0.05, 0.1) is 16.2 Å². The van der Waals surface area contributed by atoms with E-state index in [1.54, 1.807) is 17.5 Å². The summed E-state index contributed by atoms with van der Waals surface area (Å²) in [6, 6.07) is 6.62. The molecule has 2 aromatic rings. The highest BCUT2D eigenvalue weighted by Crippen LogP contribution is 2.29. The van der Waals surface area contributed by atoms with Crippen LogP contribution >= 0.6 is 27.3 Å². The topological polar surface area (TPSA) is 24.9 Å². The van der Waals surface area contributed by atoms with Crippen LogP contribution in [0.4, 0.5) is 5.69 Å². The maximum Gasteiger partial charge on any atom is 0.0604 e. The Balaban J connectivity index is 2.17. The first-order valence-corrected chi connectivity index (χ1v) is 6.88. The number of pyridine rings is 1. The standard InChI is InChI=1S/C12H13BrN2S/c1-2-10(12-4-3-7-16-12)15-11-5-6-14-8-9(11)13/h3-8,10H,2H2,1H3,(H,14,15). The number of nitrogens with one attached hydrogen (secondary N) is 1. The van der Waals surface area contributed by atoms with Crippen LogP contribution in [0.3, 0.4) is 0 Å². The fourth-order valence-corrected chi connectivity index (χ4v) is 2.77. The van der Waals surface area contributed by atoms with Gasteiger partial charge in [-0.3, -0.25) is 4.98 Å². The smallest absolute Gasteiger partial charge is 0.0604 e. The summed E-state index contributed by atoms with van der Waals surface area (Å²) >= 11 is 5.28. The molecule has 0 bridgehead atoms. The van der Waals surface area contributed by atoms with E-state index in [1.807, 2.05) is 12.3 Å². The SMILES string of the molecule is CCC(Nc1ccncc1Br)c1cccs1. The molecular weight excluding hydrogens is 284 g/mol. The molecule has 2 rings (SSSR count). The maximum atomic E-state index is 4.06. The zero-order chi connectivity index (χ0) is 11.4. The first kappa shape index (κ1) is 11.6. The van der Waals surface area contributed by atoms with Crippen molar-refractivity contribution in [3.05, 3.63) is 45.3 Å². The van der Waals surface area contributed by atoms with Gasteiger partial charge in [0, 0.05) is 17.3 Å². The quantitative estimate of drug-likeness (QED) is 0.900.